The summed E-state index contributed by atoms with van der Waals surface area (Å²) in [5, 5.41) is 8.77. The third-order valence-corrected chi connectivity index (χ3v) is 3.26. The van der Waals surface area contributed by atoms with Gasteiger partial charge in [-0.2, -0.15) is 43.9 Å². The Morgan fingerprint density at radius 1 is 0.600 bits per heavy atom. The van der Waals surface area contributed by atoms with Gasteiger partial charge in [-0.1, -0.05) is 0 Å². The van der Waals surface area contributed by atoms with Gasteiger partial charge in [-0.05, 0) is 0 Å². The van der Waals surface area contributed by atoms with Crippen LogP contribution in [0.5, 0.6) is 0 Å². The lowest BCUT2D eigenvalue weighted by Gasteiger charge is -2.59. The van der Waals surface area contributed by atoms with E-state index in [0.717, 1.165) is 0 Å². The van der Waals surface area contributed by atoms with Gasteiger partial charge in [-0.3, -0.25) is 0 Å². The van der Waals surface area contributed by atoms with E-state index in [1.807, 2.05) is 0 Å². The predicted molar refractivity (Wildman–Crippen MR) is 37.8 cm³/mol. The van der Waals surface area contributed by atoms with Crippen LogP contribution in [0.15, 0.2) is 11.4 Å². The Morgan fingerprint density at radius 2 is 0.950 bits per heavy atom. The Kier molecular flexibility index (Phi) is 2.35. The first kappa shape index (κ1) is 15.3. The number of aliphatic hydroxyl groups is 1. The van der Waals surface area contributed by atoms with E-state index in [-0.39, 0.29) is 0 Å². The highest BCUT2D eigenvalue weighted by Crippen LogP contribution is 2.74. The summed E-state index contributed by atoms with van der Waals surface area (Å²) < 4.78 is 139. The summed E-state index contributed by atoms with van der Waals surface area (Å²) in [5.74, 6) is -34.0. The van der Waals surface area contributed by atoms with E-state index in [1.165, 1.54) is 0 Å². The molecule has 0 atom stereocenters. The summed E-state index contributed by atoms with van der Waals surface area (Å²) in [6.07, 6.45) is 0. The zero-order chi connectivity index (χ0) is 16.2. The van der Waals surface area contributed by atoms with Gasteiger partial charge >= 0.3 is 29.6 Å². The molecule has 20 heavy (non-hydrogen) atoms. The molecule has 116 valence electrons. The summed E-state index contributed by atoms with van der Waals surface area (Å²) in [4.78, 5) is 0. The van der Waals surface area contributed by atoms with Crippen LogP contribution in [0.3, 0.4) is 0 Å². The zero-order valence-electron chi connectivity index (χ0n) is 8.60. The molecule has 2 aliphatic carbocycles. The topological polar surface area (TPSA) is 20.2 Å². The van der Waals surface area contributed by atoms with E-state index >= 15 is 0 Å². The highest BCUT2D eigenvalue weighted by Gasteiger charge is 3.03. The molecule has 0 bridgehead atoms. The summed E-state index contributed by atoms with van der Waals surface area (Å²) in [5.41, 5.74) is -9.17. The second-order valence-corrected chi connectivity index (χ2v) is 4.27. The van der Waals surface area contributed by atoms with Crippen molar-refractivity contribution in [2.75, 3.05) is 0 Å². The minimum Gasteiger partial charge on any atom is -0.374 e. The first-order valence-electron chi connectivity index (χ1n) is 4.55. The molecule has 2 aliphatic rings. The lowest BCUT2D eigenvalue weighted by Crippen LogP contribution is -2.89. The van der Waals surface area contributed by atoms with Gasteiger partial charge in [0, 0.05) is 0 Å². The van der Waals surface area contributed by atoms with Crippen molar-refractivity contribution in [2.45, 2.75) is 35.2 Å². The quantitative estimate of drug-likeness (QED) is 0.736. The van der Waals surface area contributed by atoms with Gasteiger partial charge in [0.25, 0.3) is 0 Å². The minimum atomic E-state index is -6.30. The van der Waals surface area contributed by atoms with Gasteiger partial charge in [-0.25, -0.2) is 4.39 Å². The lowest BCUT2D eigenvalue weighted by atomic mass is 9.58. The first-order valence-corrected chi connectivity index (χ1v) is 4.55. The highest BCUT2D eigenvalue weighted by atomic mass is 19.4. The Bertz CT molecular complexity index is 499. The molecule has 0 aromatic heterocycles. The van der Waals surface area contributed by atoms with Crippen LogP contribution >= 0.6 is 0 Å². The van der Waals surface area contributed by atoms with Gasteiger partial charge in [0.15, 0.2) is 5.83 Å². The van der Waals surface area contributed by atoms with Crippen molar-refractivity contribution in [2.24, 2.45) is 0 Å². The maximum Gasteiger partial charge on any atom is 0.379 e. The van der Waals surface area contributed by atoms with Crippen LogP contribution in [0.1, 0.15) is 0 Å². The summed E-state index contributed by atoms with van der Waals surface area (Å²) >= 11 is 0. The van der Waals surface area contributed by atoms with Crippen molar-refractivity contribution in [3.8, 4) is 0 Å². The van der Waals surface area contributed by atoms with E-state index in [2.05, 4.69) is 0 Å². The Balaban J connectivity index is 2.69. The predicted octanol–water partition coefficient (Wildman–Crippen LogP) is 3.14. The summed E-state index contributed by atoms with van der Waals surface area (Å²) in [7, 11) is 0. The average molecular weight is 322 g/mol. The third kappa shape index (κ3) is 0.988. The number of hydrogen-bond acceptors (Lipinski definition) is 1. The van der Waals surface area contributed by atoms with E-state index in [0.29, 0.717) is 0 Å². The van der Waals surface area contributed by atoms with Gasteiger partial charge in [0.1, 0.15) is 0 Å². The molecule has 0 heterocycles. The molecule has 0 aliphatic heterocycles. The van der Waals surface area contributed by atoms with Crippen LogP contribution in [0.4, 0.5) is 48.3 Å². The van der Waals surface area contributed by atoms with E-state index < -0.39 is 46.6 Å². The van der Waals surface area contributed by atoms with Crippen molar-refractivity contribution in [1.29, 1.82) is 0 Å². The standard InChI is InChI=1S/C8HF11O/c9-2-1(4(10,11)5(2,12)13)3(20)6(14,15)8(18,19)7(3,16)17/h20H. The van der Waals surface area contributed by atoms with Gasteiger partial charge in [-0.15, -0.1) is 0 Å². The summed E-state index contributed by atoms with van der Waals surface area (Å²) in [6.45, 7) is 0. The SMILES string of the molecule is OC1(C2=C(F)C(F)(F)C2(F)F)C(F)(F)C(F)(F)C1(F)F. The fourth-order valence-electron chi connectivity index (χ4n) is 2.01. The monoisotopic (exact) mass is 322 g/mol. The molecule has 0 radical (unpaired) electrons. The fraction of sp³-hybridized carbons (Fsp3) is 0.750. The molecular weight excluding hydrogens is 321 g/mol. The first-order chi connectivity index (χ1) is 8.53. The zero-order valence-corrected chi connectivity index (χ0v) is 8.60. The molecule has 2 rings (SSSR count). The molecule has 1 saturated carbocycles. The van der Waals surface area contributed by atoms with Crippen LogP contribution < -0.4 is 0 Å². The van der Waals surface area contributed by atoms with E-state index in [1.54, 1.807) is 0 Å². The molecule has 12 heteroatoms. The molecule has 1 fully saturated rings. The Hall–Kier alpha value is -1.07. The van der Waals surface area contributed by atoms with Gasteiger partial charge in [0.05, 0.1) is 5.57 Å². The molecule has 0 aromatic rings. The average Bonchev–Trinajstić information content (AvgIpc) is 2.26. The molecule has 0 spiro atoms. The van der Waals surface area contributed by atoms with Gasteiger partial charge in [0.2, 0.25) is 5.60 Å². The van der Waals surface area contributed by atoms with E-state index in [4.69, 9.17) is 5.11 Å². The molecule has 0 amide bonds. The molecular formula is C8HF11O. The normalized spacial score (nSPS) is 34.2. The third-order valence-electron chi connectivity index (χ3n) is 3.26. The number of rotatable bonds is 1. The Labute approximate surface area is 101 Å². The summed E-state index contributed by atoms with van der Waals surface area (Å²) in [6, 6.07) is 0. The van der Waals surface area contributed by atoms with Crippen LogP contribution in [-0.2, 0) is 0 Å². The smallest absolute Gasteiger partial charge is 0.374 e. The molecule has 0 unspecified atom stereocenters. The number of halogens is 11. The van der Waals surface area contributed by atoms with Crippen LogP contribution in [0.2, 0.25) is 0 Å². The number of hydrogen-bond donors (Lipinski definition) is 1. The van der Waals surface area contributed by atoms with Crippen molar-refractivity contribution >= 4 is 0 Å². The molecule has 1 N–H and O–H groups in total. The largest absolute Gasteiger partial charge is 0.379 e. The second kappa shape index (κ2) is 3.07. The van der Waals surface area contributed by atoms with Crippen LogP contribution in [0, 0.1) is 0 Å². The van der Waals surface area contributed by atoms with Gasteiger partial charge < -0.3 is 5.11 Å². The maximum absolute atomic E-state index is 12.8. The lowest BCUT2D eigenvalue weighted by molar-refractivity contribution is -0.486. The molecule has 1 nitrogen and oxygen atoms in total. The van der Waals surface area contributed by atoms with Crippen molar-refractivity contribution in [1.82, 2.24) is 0 Å². The van der Waals surface area contributed by atoms with E-state index in [9.17, 15) is 48.3 Å². The van der Waals surface area contributed by atoms with Crippen LogP contribution in [-0.4, -0.2) is 40.3 Å². The second-order valence-electron chi connectivity index (χ2n) is 4.27. The number of alkyl halides is 10. The molecule has 0 saturated heterocycles. The van der Waals surface area contributed by atoms with Crippen molar-refractivity contribution in [3.05, 3.63) is 11.4 Å². The Morgan fingerprint density at radius 3 is 1.25 bits per heavy atom. The van der Waals surface area contributed by atoms with Crippen molar-refractivity contribution < 1.29 is 53.4 Å². The molecule has 0 aromatic carbocycles. The van der Waals surface area contributed by atoms with Crippen LogP contribution in [0.25, 0.3) is 0 Å². The maximum atomic E-state index is 12.8. The number of allylic oxidation sites excluding steroid dienone is 1. The van der Waals surface area contributed by atoms with Crippen molar-refractivity contribution in [3.63, 3.8) is 0 Å². The fourth-order valence-corrected chi connectivity index (χ4v) is 2.01. The minimum absolute atomic E-state index is 3.43. The highest BCUT2D eigenvalue weighted by molar-refractivity contribution is 5.53.